The SMILES string of the molecule is COc1cc(N2CCC(N3CCN(C(=O)CCCCCCCCCCC(=O)Nc4cccc5c4CN(C4CCC(=O)NC4=O)C5=O)CC3)CC2)ccc1Cc1ncnc(Cc2ccccc2S(=O)(=O)C(C)C)n1. The molecule has 0 bridgehead atoms. The van der Waals surface area contributed by atoms with E-state index in [-0.39, 0.29) is 43.0 Å². The van der Waals surface area contributed by atoms with Crippen molar-refractivity contribution in [2.45, 2.75) is 145 Å². The number of benzene rings is 3. The summed E-state index contributed by atoms with van der Waals surface area (Å²) >= 11 is 0. The third-order valence-electron chi connectivity index (χ3n) is 15.0. The van der Waals surface area contributed by atoms with Gasteiger partial charge in [0.1, 0.15) is 29.8 Å². The third-order valence-corrected chi connectivity index (χ3v) is 17.2. The second-order valence-electron chi connectivity index (χ2n) is 20.1. The van der Waals surface area contributed by atoms with E-state index in [0.717, 1.165) is 120 Å². The van der Waals surface area contributed by atoms with Gasteiger partial charge < -0.3 is 24.8 Å². The summed E-state index contributed by atoms with van der Waals surface area (Å²) < 4.78 is 31.9. The van der Waals surface area contributed by atoms with Gasteiger partial charge in [-0.15, -0.1) is 0 Å². The fourth-order valence-electron chi connectivity index (χ4n) is 10.7. The highest BCUT2D eigenvalue weighted by Crippen LogP contribution is 2.34. The standard InChI is InChI=1S/C55H71N9O8S/c1-38(2)73(70,71)48-18-13-12-15-40(48)34-50-57-37-56-49(59-50)33-39-21-22-42(35-47(39)72-3)61-27-25-41(26-28-61)62-29-31-63(32-30-62)53(67)20-11-9-7-5-4-6-8-10-19-51(65)58-45-17-14-16-43-44(45)36-64(55(43)69)46-23-24-52(66)60-54(46)68/h12-18,21-22,35,37-38,41,46H,4-11,19-20,23-34,36H2,1-3H3,(H,58,65)(H,60,66,68). The zero-order valence-electron chi connectivity index (χ0n) is 42.7. The van der Waals surface area contributed by atoms with Crippen molar-refractivity contribution < 1.29 is 37.1 Å². The lowest BCUT2D eigenvalue weighted by atomic mass is 10.0. The highest BCUT2D eigenvalue weighted by Gasteiger charge is 2.40. The average Bonchev–Trinajstić information content (AvgIpc) is 3.73. The number of nitrogens with zero attached hydrogens (tertiary/aromatic N) is 7. The molecule has 0 spiro atoms. The largest absolute Gasteiger partial charge is 0.496 e. The Morgan fingerprint density at radius 2 is 1.45 bits per heavy atom. The quantitative estimate of drug-likeness (QED) is 0.0626. The number of hydrogen-bond donors (Lipinski definition) is 2. The Morgan fingerprint density at radius 1 is 0.781 bits per heavy atom. The number of amides is 5. The molecule has 5 amide bonds. The first-order valence-electron chi connectivity index (χ1n) is 26.3. The minimum absolute atomic E-state index is 0.0965. The molecule has 5 heterocycles. The molecule has 4 aliphatic heterocycles. The number of carbonyl (C=O) groups excluding carboxylic acids is 5. The van der Waals surface area contributed by atoms with Crippen molar-refractivity contribution in [3.63, 3.8) is 0 Å². The Labute approximate surface area is 429 Å². The molecule has 3 saturated heterocycles. The maximum absolute atomic E-state index is 13.1. The molecule has 0 saturated carbocycles. The summed E-state index contributed by atoms with van der Waals surface area (Å²) in [4.78, 5) is 85.5. The summed E-state index contributed by atoms with van der Waals surface area (Å²) in [7, 11) is -1.79. The van der Waals surface area contributed by atoms with Crippen LogP contribution in [-0.2, 0) is 48.4 Å². The van der Waals surface area contributed by atoms with Gasteiger partial charge in [0.2, 0.25) is 23.6 Å². The maximum atomic E-state index is 13.1. The van der Waals surface area contributed by atoms with Crippen molar-refractivity contribution in [2.24, 2.45) is 0 Å². The Hall–Kier alpha value is -6.27. The molecule has 1 atom stereocenters. The van der Waals surface area contributed by atoms with Gasteiger partial charge in [-0.3, -0.25) is 34.2 Å². The van der Waals surface area contributed by atoms with Gasteiger partial charge in [-0.2, -0.15) is 0 Å². The minimum Gasteiger partial charge on any atom is -0.496 e. The first-order valence-corrected chi connectivity index (χ1v) is 27.8. The molecule has 0 aliphatic carbocycles. The van der Waals surface area contributed by atoms with Gasteiger partial charge in [0.15, 0.2) is 9.84 Å². The Morgan fingerprint density at radius 3 is 2.14 bits per heavy atom. The smallest absolute Gasteiger partial charge is 0.255 e. The van der Waals surface area contributed by atoms with E-state index in [1.54, 1.807) is 51.3 Å². The van der Waals surface area contributed by atoms with Crippen LogP contribution >= 0.6 is 0 Å². The molecule has 390 valence electrons. The fourth-order valence-corrected chi connectivity index (χ4v) is 11.9. The van der Waals surface area contributed by atoms with Crippen LogP contribution in [0.5, 0.6) is 5.75 Å². The molecule has 8 rings (SSSR count). The van der Waals surface area contributed by atoms with Crippen molar-refractivity contribution in [1.29, 1.82) is 0 Å². The molecule has 4 aromatic rings. The number of fused-ring (bicyclic) bond motifs is 1. The first-order chi connectivity index (χ1) is 35.3. The molecule has 17 nitrogen and oxygen atoms in total. The number of carbonyl (C=O) groups is 5. The van der Waals surface area contributed by atoms with Gasteiger partial charge in [0, 0.05) is 118 Å². The van der Waals surface area contributed by atoms with Crippen molar-refractivity contribution in [3.8, 4) is 5.75 Å². The molecule has 3 fully saturated rings. The highest BCUT2D eigenvalue weighted by molar-refractivity contribution is 7.92. The molecule has 0 radical (unpaired) electrons. The van der Waals surface area contributed by atoms with Crippen LogP contribution in [0.25, 0.3) is 0 Å². The lowest BCUT2D eigenvalue weighted by Crippen LogP contribution is -2.54. The van der Waals surface area contributed by atoms with Crippen molar-refractivity contribution in [1.82, 2.24) is 35.0 Å². The van der Waals surface area contributed by atoms with Gasteiger partial charge in [0.25, 0.3) is 5.91 Å². The summed E-state index contributed by atoms with van der Waals surface area (Å²) in [6.07, 6.45) is 13.8. The number of imide groups is 1. The first kappa shape index (κ1) is 53.0. The number of rotatable bonds is 22. The highest BCUT2D eigenvalue weighted by atomic mass is 32.2. The van der Waals surface area contributed by atoms with Gasteiger partial charge in [-0.05, 0) is 75.8 Å². The van der Waals surface area contributed by atoms with Crippen LogP contribution in [0.15, 0.2) is 71.9 Å². The van der Waals surface area contributed by atoms with Gasteiger partial charge in [0.05, 0.1) is 17.3 Å². The van der Waals surface area contributed by atoms with E-state index in [9.17, 15) is 32.4 Å². The summed E-state index contributed by atoms with van der Waals surface area (Å²) in [5.41, 5.74) is 4.51. The second kappa shape index (κ2) is 24.6. The number of piperazine rings is 1. The number of unbranched alkanes of at least 4 members (excludes halogenated alkanes) is 7. The predicted molar refractivity (Wildman–Crippen MR) is 278 cm³/mol. The van der Waals surface area contributed by atoms with E-state index < -0.39 is 27.0 Å². The number of ether oxygens (including phenoxy) is 1. The monoisotopic (exact) mass is 1020 g/mol. The number of anilines is 2. The van der Waals surface area contributed by atoms with E-state index in [2.05, 4.69) is 48.6 Å². The van der Waals surface area contributed by atoms with E-state index in [1.807, 2.05) is 17.0 Å². The molecular weight excluding hydrogens is 947 g/mol. The number of hydrogen-bond acceptors (Lipinski definition) is 13. The summed E-state index contributed by atoms with van der Waals surface area (Å²) in [6.45, 7) is 8.83. The van der Waals surface area contributed by atoms with Crippen molar-refractivity contribution >= 4 is 50.7 Å². The van der Waals surface area contributed by atoms with Crippen molar-refractivity contribution in [2.75, 3.05) is 56.6 Å². The zero-order chi connectivity index (χ0) is 51.5. The normalized spacial score (nSPS) is 17.8. The van der Waals surface area contributed by atoms with Crippen LogP contribution in [0, 0.1) is 0 Å². The predicted octanol–water partition coefficient (Wildman–Crippen LogP) is 6.66. The van der Waals surface area contributed by atoms with Crippen LogP contribution in [0.1, 0.15) is 142 Å². The van der Waals surface area contributed by atoms with Crippen LogP contribution in [0.2, 0.25) is 0 Å². The number of sulfone groups is 1. The van der Waals surface area contributed by atoms with Gasteiger partial charge in [-0.25, -0.2) is 23.4 Å². The van der Waals surface area contributed by atoms with Crippen LogP contribution in [0.3, 0.4) is 0 Å². The van der Waals surface area contributed by atoms with Crippen LogP contribution < -0.4 is 20.3 Å². The third kappa shape index (κ3) is 13.3. The fraction of sp³-hybridized carbons (Fsp3) is 0.527. The van der Waals surface area contributed by atoms with E-state index >= 15 is 0 Å². The lowest BCUT2D eigenvalue weighted by Gasteiger charge is -2.43. The van der Waals surface area contributed by atoms with Crippen LogP contribution in [-0.4, -0.2) is 131 Å². The molecule has 1 aromatic heterocycles. The molecule has 73 heavy (non-hydrogen) atoms. The van der Waals surface area contributed by atoms with E-state index in [0.29, 0.717) is 70.6 Å². The summed E-state index contributed by atoms with van der Waals surface area (Å²) in [5, 5.41) is 4.77. The molecule has 4 aliphatic rings. The Balaban J connectivity index is 0.675. The number of nitrogens with one attached hydrogen (secondary N) is 2. The zero-order valence-corrected chi connectivity index (χ0v) is 43.5. The topological polar surface area (TPSA) is 204 Å². The van der Waals surface area contributed by atoms with E-state index in [1.165, 1.54) is 11.2 Å². The number of aromatic nitrogens is 3. The lowest BCUT2D eigenvalue weighted by molar-refractivity contribution is -0.137. The summed E-state index contributed by atoms with van der Waals surface area (Å²) in [6, 6.07) is 18.4. The summed E-state index contributed by atoms with van der Waals surface area (Å²) in [5.74, 6) is 0.981. The average molecular weight is 1020 g/mol. The Kier molecular flexibility index (Phi) is 17.9. The Bertz CT molecular complexity index is 2740. The maximum Gasteiger partial charge on any atom is 0.255 e. The minimum atomic E-state index is -3.46. The molecule has 3 aromatic carbocycles. The second-order valence-corrected chi connectivity index (χ2v) is 22.6. The number of piperidine rings is 2. The van der Waals surface area contributed by atoms with Gasteiger partial charge in [-0.1, -0.05) is 68.9 Å². The van der Waals surface area contributed by atoms with E-state index in [4.69, 9.17) is 9.72 Å². The molecule has 18 heteroatoms. The molecule has 1 unspecified atom stereocenters. The molecular formula is C55H71N9O8S. The number of methoxy groups -OCH3 is 1. The van der Waals surface area contributed by atoms with Crippen molar-refractivity contribution in [3.05, 3.63) is 101 Å². The molecule has 2 N–H and O–H groups in total. The van der Waals surface area contributed by atoms with Gasteiger partial charge >= 0.3 is 0 Å². The van der Waals surface area contributed by atoms with Crippen LogP contribution in [0.4, 0.5) is 11.4 Å².